The van der Waals surface area contributed by atoms with Crippen molar-refractivity contribution in [2.24, 2.45) is 0 Å². The van der Waals surface area contributed by atoms with Crippen molar-refractivity contribution in [1.82, 2.24) is 9.80 Å². The molecule has 0 spiro atoms. The Labute approximate surface area is 147 Å². The molecule has 134 valence electrons. The summed E-state index contributed by atoms with van der Waals surface area (Å²) in [6.45, 7) is 6.72. The molecule has 0 saturated carbocycles. The van der Waals surface area contributed by atoms with E-state index >= 15 is 0 Å². The van der Waals surface area contributed by atoms with Gasteiger partial charge in [-0.05, 0) is 51.3 Å². The molecule has 0 unspecified atom stereocenters. The predicted molar refractivity (Wildman–Crippen MR) is 98.3 cm³/mol. The van der Waals surface area contributed by atoms with Gasteiger partial charge in [-0.3, -0.25) is 4.90 Å². The van der Waals surface area contributed by atoms with Crippen LogP contribution in [0.3, 0.4) is 0 Å². The van der Waals surface area contributed by atoms with E-state index in [9.17, 15) is 9.90 Å². The van der Waals surface area contributed by atoms with E-state index < -0.39 is 0 Å². The van der Waals surface area contributed by atoms with E-state index in [2.05, 4.69) is 22.9 Å². The van der Waals surface area contributed by atoms with Crippen molar-refractivity contribution in [3.8, 4) is 5.75 Å². The normalized spacial score (nSPS) is 19.3. The van der Waals surface area contributed by atoms with E-state index in [0.29, 0.717) is 11.1 Å². The SMILES string of the molecule is Cc1c(O)c(CN2CCN(C)CC2)cc2c3c(c(=O)oc12)CCCC3. The van der Waals surface area contributed by atoms with Crippen molar-refractivity contribution in [3.05, 3.63) is 38.7 Å². The fourth-order valence-electron chi connectivity index (χ4n) is 4.16. The topological polar surface area (TPSA) is 56.9 Å². The van der Waals surface area contributed by atoms with Gasteiger partial charge in [-0.25, -0.2) is 4.79 Å². The van der Waals surface area contributed by atoms with E-state index in [1.165, 1.54) is 0 Å². The number of piperazine rings is 1. The molecule has 1 aromatic carbocycles. The maximum Gasteiger partial charge on any atom is 0.339 e. The molecule has 4 rings (SSSR count). The zero-order valence-corrected chi connectivity index (χ0v) is 15.1. The third-order valence-electron chi connectivity index (χ3n) is 5.79. The second-order valence-electron chi connectivity index (χ2n) is 7.52. The minimum absolute atomic E-state index is 0.225. The van der Waals surface area contributed by atoms with Crippen LogP contribution in [0.5, 0.6) is 5.75 Å². The predicted octanol–water partition coefficient (Wildman–Crippen LogP) is 2.43. The molecule has 2 aromatic rings. The first-order valence-electron chi connectivity index (χ1n) is 9.25. The molecule has 2 heterocycles. The zero-order valence-electron chi connectivity index (χ0n) is 15.1. The second-order valence-corrected chi connectivity index (χ2v) is 7.52. The summed E-state index contributed by atoms with van der Waals surface area (Å²) >= 11 is 0. The van der Waals surface area contributed by atoms with Crippen LogP contribution in [0.25, 0.3) is 11.0 Å². The van der Waals surface area contributed by atoms with Gasteiger partial charge in [0.15, 0.2) is 0 Å². The van der Waals surface area contributed by atoms with Gasteiger partial charge < -0.3 is 14.4 Å². The number of aryl methyl sites for hydroxylation is 2. The highest BCUT2D eigenvalue weighted by Crippen LogP contribution is 2.35. The maximum absolute atomic E-state index is 12.3. The van der Waals surface area contributed by atoms with Crippen LogP contribution in [0.1, 0.15) is 35.1 Å². The van der Waals surface area contributed by atoms with Gasteiger partial charge in [0.25, 0.3) is 0 Å². The summed E-state index contributed by atoms with van der Waals surface area (Å²) in [5.41, 5.74) is 3.94. The average molecular weight is 342 g/mol. The molecule has 5 nitrogen and oxygen atoms in total. The van der Waals surface area contributed by atoms with Crippen LogP contribution >= 0.6 is 0 Å². The fraction of sp³-hybridized carbons (Fsp3) is 0.550. The van der Waals surface area contributed by atoms with Gasteiger partial charge in [0.2, 0.25) is 0 Å². The zero-order chi connectivity index (χ0) is 17.6. The monoisotopic (exact) mass is 342 g/mol. The van der Waals surface area contributed by atoms with E-state index in [1.807, 2.05) is 6.92 Å². The van der Waals surface area contributed by atoms with Gasteiger partial charge in [0, 0.05) is 54.8 Å². The molecule has 1 aliphatic carbocycles. The highest BCUT2D eigenvalue weighted by molar-refractivity contribution is 5.87. The lowest BCUT2D eigenvalue weighted by Crippen LogP contribution is -2.43. The van der Waals surface area contributed by atoms with Gasteiger partial charge in [-0.15, -0.1) is 0 Å². The van der Waals surface area contributed by atoms with E-state index in [0.717, 1.165) is 80.5 Å². The highest BCUT2D eigenvalue weighted by Gasteiger charge is 2.23. The van der Waals surface area contributed by atoms with Crippen LogP contribution in [0, 0.1) is 6.92 Å². The largest absolute Gasteiger partial charge is 0.507 e. The molecular formula is C20H26N2O3. The number of nitrogens with zero attached hydrogens (tertiary/aromatic N) is 2. The quantitative estimate of drug-likeness (QED) is 0.850. The Morgan fingerprint density at radius 1 is 1.12 bits per heavy atom. The lowest BCUT2D eigenvalue weighted by Gasteiger charge is -2.32. The van der Waals surface area contributed by atoms with Crippen LogP contribution in [0.2, 0.25) is 0 Å². The van der Waals surface area contributed by atoms with Crippen molar-refractivity contribution in [2.75, 3.05) is 33.2 Å². The Hall–Kier alpha value is -1.85. The van der Waals surface area contributed by atoms with E-state index in [1.54, 1.807) is 0 Å². The van der Waals surface area contributed by atoms with Crippen LogP contribution in [-0.4, -0.2) is 48.1 Å². The lowest BCUT2D eigenvalue weighted by molar-refractivity contribution is 0.147. The molecule has 0 radical (unpaired) electrons. The molecule has 5 heteroatoms. The van der Waals surface area contributed by atoms with Crippen LogP contribution in [-0.2, 0) is 19.4 Å². The second kappa shape index (κ2) is 6.46. The molecule has 2 aliphatic rings. The minimum Gasteiger partial charge on any atom is -0.507 e. The summed E-state index contributed by atoms with van der Waals surface area (Å²) in [5, 5.41) is 11.7. The molecule has 0 bridgehead atoms. The first kappa shape index (κ1) is 16.6. The number of hydrogen-bond donors (Lipinski definition) is 1. The molecular weight excluding hydrogens is 316 g/mol. The Morgan fingerprint density at radius 2 is 1.80 bits per heavy atom. The first-order valence-corrected chi connectivity index (χ1v) is 9.25. The average Bonchev–Trinajstić information content (AvgIpc) is 2.62. The number of benzene rings is 1. The van der Waals surface area contributed by atoms with Crippen molar-refractivity contribution in [2.45, 2.75) is 39.2 Å². The van der Waals surface area contributed by atoms with Gasteiger partial charge >= 0.3 is 5.63 Å². The number of phenolic OH excluding ortho intramolecular Hbond substituents is 1. The van der Waals surface area contributed by atoms with Crippen molar-refractivity contribution in [3.63, 3.8) is 0 Å². The van der Waals surface area contributed by atoms with Crippen LogP contribution in [0.4, 0.5) is 0 Å². The van der Waals surface area contributed by atoms with Gasteiger partial charge in [-0.2, -0.15) is 0 Å². The van der Waals surface area contributed by atoms with Crippen LogP contribution < -0.4 is 5.63 Å². The molecule has 0 atom stereocenters. The number of rotatable bonds is 2. The number of phenols is 1. The number of hydrogen-bond acceptors (Lipinski definition) is 5. The standard InChI is InChI=1S/C20H26N2O3/c1-13-18(23)14(12-22-9-7-21(2)8-10-22)11-17-15-5-3-4-6-16(15)20(24)25-19(13)17/h11,23H,3-10,12H2,1-2H3. The van der Waals surface area contributed by atoms with Crippen molar-refractivity contribution in [1.29, 1.82) is 0 Å². The molecule has 1 aliphatic heterocycles. The highest BCUT2D eigenvalue weighted by atomic mass is 16.4. The third-order valence-corrected chi connectivity index (χ3v) is 5.79. The molecule has 1 fully saturated rings. The van der Waals surface area contributed by atoms with Gasteiger partial charge in [-0.1, -0.05) is 0 Å². The molecule has 1 aromatic heterocycles. The number of aromatic hydroxyl groups is 1. The number of fused-ring (bicyclic) bond motifs is 3. The molecule has 1 N–H and O–H groups in total. The summed E-state index contributed by atoms with van der Waals surface area (Å²) in [6, 6.07) is 2.06. The molecule has 1 saturated heterocycles. The Kier molecular flexibility index (Phi) is 4.29. The van der Waals surface area contributed by atoms with E-state index in [4.69, 9.17) is 4.42 Å². The van der Waals surface area contributed by atoms with Gasteiger partial charge in [0.1, 0.15) is 11.3 Å². The van der Waals surface area contributed by atoms with E-state index in [-0.39, 0.29) is 11.4 Å². The smallest absolute Gasteiger partial charge is 0.339 e. The Morgan fingerprint density at radius 3 is 2.52 bits per heavy atom. The summed E-state index contributed by atoms with van der Waals surface area (Å²) in [5.74, 6) is 0.269. The van der Waals surface area contributed by atoms with Crippen LogP contribution in [0.15, 0.2) is 15.3 Å². The summed E-state index contributed by atoms with van der Waals surface area (Å²) in [7, 11) is 2.14. The summed E-state index contributed by atoms with van der Waals surface area (Å²) < 4.78 is 5.59. The lowest BCUT2D eigenvalue weighted by atomic mass is 9.89. The Bertz CT molecular complexity index is 864. The Balaban J connectivity index is 1.79. The third kappa shape index (κ3) is 2.96. The first-order chi connectivity index (χ1) is 12.0. The van der Waals surface area contributed by atoms with Gasteiger partial charge in [0.05, 0.1) is 0 Å². The summed E-state index contributed by atoms with van der Waals surface area (Å²) in [4.78, 5) is 17.0. The molecule has 0 amide bonds. The fourth-order valence-corrected chi connectivity index (χ4v) is 4.16. The summed E-state index contributed by atoms with van der Waals surface area (Å²) in [6.07, 6.45) is 3.89. The molecule has 25 heavy (non-hydrogen) atoms. The van der Waals surface area contributed by atoms with Crippen molar-refractivity contribution < 1.29 is 9.52 Å². The minimum atomic E-state index is -0.225. The number of likely N-dealkylation sites (N-methyl/N-ethyl adjacent to an activating group) is 1. The van der Waals surface area contributed by atoms with Crippen molar-refractivity contribution >= 4 is 11.0 Å². The maximum atomic E-state index is 12.3.